The van der Waals surface area contributed by atoms with E-state index in [2.05, 4.69) is 15.9 Å². The number of halogens is 1. The molecule has 0 spiro atoms. The van der Waals surface area contributed by atoms with Crippen LogP contribution in [-0.4, -0.2) is 52.2 Å². The van der Waals surface area contributed by atoms with Crippen LogP contribution in [0.15, 0.2) is 50.7 Å². The topological polar surface area (TPSA) is 66.9 Å². The molecule has 0 aliphatic carbocycles. The Kier molecular flexibility index (Phi) is 6.72. The summed E-state index contributed by atoms with van der Waals surface area (Å²) in [5, 5.41) is 0. The molecule has 1 amide bonds. The molecule has 168 valence electrons. The number of sulfone groups is 1. The maximum Gasteiger partial charge on any atom is 0.410 e. The summed E-state index contributed by atoms with van der Waals surface area (Å²) < 4.78 is 33.2. The Bertz CT molecular complexity index is 1070. The van der Waals surface area contributed by atoms with Gasteiger partial charge in [-0.05, 0) is 81.1 Å². The van der Waals surface area contributed by atoms with E-state index in [1.807, 2.05) is 45.8 Å². The van der Waals surface area contributed by atoms with E-state index in [4.69, 9.17) is 4.74 Å². The molecule has 0 atom stereocenters. The molecule has 6 nitrogen and oxygen atoms in total. The number of carbonyl (C=O) groups excluding carboxylic acids is 1. The molecule has 2 aromatic rings. The normalized spacial score (nSPS) is 14.6. The number of hydrogen-bond acceptors (Lipinski definition) is 5. The largest absolute Gasteiger partial charge is 0.444 e. The Morgan fingerprint density at radius 1 is 1.03 bits per heavy atom. The zero-order chi connectivity index (χ0) is 23.0. The lowest BCUT2D eigenvalue weighted by atomic mass is 10.0. The minimum Gasteiger partial charge on any atom is -0.444 e. The molecule has 0 radical (unpaired) electrons. The van der Waals surface area contributed by atoms with Crippen molar-refractivity contribution in [1.82, 2.24) is 4.90 Å². The molecule has 0 N–H and O–H groups in total. The number of nitrogens with zero attached hydrogens (tertiary/aromatic N) is 2. The molecule has 0 fully saturated rings. The van der Waals surface area contributed by atoms with Gasteiger partial charge in [0.1, 0.15) is 5.60 Å². The van der Waals surface area contributed by atoms with Crippen LogP contribution in [0, 0.1) is 0 Å². The highest BCUT2D eigenvalue weighted by atomic mass is 79.9. The van der Waals surface area contributed by atoms with Crippen molar-refractivity contribution >= 4 is 37.5 Å². The zero-order valence-corrected chi connectivity index (χ0v) is 21.0. The quantitative estimate of drug-likeness (QED) is 0.601. The van der Waals surface area contributed by atoms with Gasteiger partial charge in [0.2, 0.25) is 9.84 Å². The van der Waals surface area contributed by atoms with Crippen LogP contribution in [-0.2, 0) is 27.4 Å². The number of benzene rings is 2. The molecule has 0 bridgehead atoms. The summed E-state index contributed by atoms with van der Waals surface area (Å²) in [5.41, 5.74) is 2.10. The van der Waals surface area contributed by atoms with Crippen LogP contribution in [0.3, 0.4) is 0 Å². The number of ether oxygens (including phenoxy) is 1. The first kappa shape index (κ1) is 23.6. The smallest absolute Gasteiger partial charge is 0.410 e. The number of anilines is 1. The van der Waals surface area contributed by atoms with Gasteiger partial charge in [0.05, 0.1) is 15.5 Å². The first-order valence-electron chi connectivity index (χ1n) is 10.2. The third kappa shape index (κ3) is 5.41. The fraction of sp³-hybridized carbons (Fsp3) is 0.435. The van der Waals surface area contributed by atoms with Crippen molar-refractivity contribution in [2.45, 2.75) is 49.0 Å². The number of carbonyl (C=O) groups is 1. The van der Waals surface area contributed by atoms with Crippen LogP contribution in [0.5, 0.6) is 0 Å². The summed E-state index contributed by atoms with van der Waals surface area (Å²) in [6.07, 6.45) is 0.884. The summed E-state index contributed by atoms with van der Waals surface area (Å²) >= 11 is 3.35. The molecule has 3 rings (SSSR count). The maximum atomic E-state index is 13.4. The highest BCUT2D eigenvalue weighted by Gasteiger charge is 2.28. The van der Waals surface area contributed by atoms with Gasteiger partial charge in [-0.2, -0.15) is 0 Å². The lowest BCUT2D eigenvalue weighted by Gasteiger charge is -2.26. The summed E-state index contributed by atoms with van der Waals surface area (Å²) in [7, 11) is -0.0198. The van der Waals surface area contributed by atoms with Crippen LogP contribution in [0.2, 0.25) is 0 Å². The summed E-state index contributed by atoms with van der Waals surface area (Å²) in [6, 6.07) is 10.4. The summed E-state index contributed by atoms with van der Waals surface area (Å²) in [5.74, 6) is 0. The zero-order valence-electron chi connectivity index (χ0n) is 18.6. The van der Waals surface area contributed by atoms with E-state index in [-0.39, 0.29) is 15.9 Å². The third-order valence-corrected chi connectivity index (χ3v) is 7.46. The molecule has 31 heavy (non-hydrogen) atoms. The first-order chi connectivity index (χ1) is 14.4. The highest BCUT2D eigenvalue weighted by Crippen LogP contribution is 2.34. The lowest BCUT2D eigenvalue weighted by Crippen LogP contribution is -2.38. The van der Waals surface area contributed by atoms with Crippen molar-refractivity contribution in [3.63, 3.8) is 0 Å². The van der Waals surface area contributed by atoms with Gasteiger partial charge in [-0.3, -0.25) is 0 Å². The van der Waals surface area contributed by atoms with Crippen molar-refractivity contribution in [3.8, 4) is 0 Å². The van der Waals surface area contributed by atoms with Crippen molar-refractivity contribution in [3.05, 3.63) is 52.0 Å². The Balaban J connectivity index is 1.98. The van der Waals surface area contributed by atoms with Gasteiger partial charge in [-0.15, -0.1) is 0 Å². The second-order valence-corrected chi connectivity index (χ2v) is 11.7. The van der Waals surface area contributed by atoms with Gasteiger partial charge in [-0.1, -0.05) is 15.9 Å². The van der Waals surface area contributed by atoms with E-state index in [0.717, 1.165) is 15.6 Å². The minimum absolute atomic E-state index is 0.253. The van der Waals surface area contributed by atoms with Crippen LogP contribution in [0.1, 0.15) is 31.9 Å². The molecular formula is C23H29BrN2O4S. The second kappa shape index (κ2) is 8.82. The fourth-order valence-electron chi connectivity index (χ4n) is 3.56. The second-order valence-electron chi connectivity index (χ2n) is 8.91. The van der Waals surface area contributed by atoms with Crippen LogP contribution < -0.4 is 4.90 Å². The van der Waals surface area contributed by atoms with Crippen molar-refractivity contribution in [2.24, 2.45) is 0 Å². The number of fused-ring (bicyclic) bond motifs is 1. The predicted molar refractivity (Wildman–Crippen MR) is 126 cm³/mol. The number of hydrogen-bond donors (Lipinski definition) is 0. The molecule has 2 aromatic carbocycles. The molecule has 0 saturated heterocycles. The van der Waals surface area contributed by atoms with Crippen molar-refractivity contribution in [1.29, 1.82) is 0 Å². The standard InChI is InChI=1S/C23H29BrN2O4S/c1-23(2,3)30-22(27)26-12-10-16-14-20(25(4)5)21(15-17(16)11-13-26)31(28,29)19-8-6-18(24)7-9-19/h6-9,14-15H,10-13H2,1-5H3. The van der Waals surface area contributed by atoms with Gasteiger partial charge in [0.15, 0.2) is 0 Å². The van der Waals surface area contributed by atoms with E-state index in [9.17, 15) is 13.2 Å². The third-order valence-electron chi connectivity index (χ3n) is 5.13. The predicted octanol–water partition coefficient (Wildman–Crippen LogP) is 4.68. The number of rotatable bonds is 3. The van der Waals surface area contributed by atoms with Gasteiger partial charge >= 0.3 is 6.09 Å². The van der Waals surface area contributed by atoms with E-state index >= 15 is 0 Å². The Morgan fingerprint density at radius 3 is 2.10 bits per heavy atom. The average molecular weight is 509 g/mol. The van der Waals surface area contributed by atoms with Crippen LogP contribution in [0.4, 0.5) is 10.5 Å². The Labute approximate surface area is 193 Å². The van der Waals surface area contributed by atoms with Gasteiger partial charge in [0, 0.05) is 31.7 Å². The van der Waals surface area contributed by atoms with E-state index in [1.165, 1.54) is 0 Å². The average Bonchev–Trinajstić information content (AvgIpc) is 2.88. The van der Waals surface area contributed by atoms with Crippen molar-refractivity contribution < 1.29 is 17.9 Å². The summed E-state index contributed by atoms with van der Waals surface area (Å²) in [4.78, 5) is 16.6. The van der Waals surface area contributed by atoms with E-state index in [1.54, 1.807) is 35.2 Å². The molecule has 1 aliphatic heterocycles. The van der Waals surface area contributed by atoms with E-state index in [0.29, 0.717) is 31.6 Å². The molecule has 0 aromatic heterocycles. The number of amides is 1. The lowest BCUT2D eigenvalue weighted by molar-refractivity contribution is 0.0258. The minimum atomic E-state index is -3.70. The molecule has 0 saturated carbocycles. The SMILES string of the molecule is CN(C)c1cc2c(cc1S(=O)(=O)c1ccc(Br)cc1)CCN(C(=O)OC(C)(C)C)CC2. The molecule has 1 aliphatic rings. The van der Waals surface area contributed by atoms with E-state index < -0.39 is 15.4 Å². The van der Waals surface area contributed by atoms with Gasteiger partial charge < -0.3 is 14.5 Å². The van der Waals surface area contributed by atoms with Gasteiger partial charge in [-0.25, -0.2) is 13.2 Å². The van der Waals surface area contributed by atoms with Crippen molar-refractivity contribution in [2.75, 3.05) is 32.1 Å². The fourth-order valence-corrected chi connectivity index (χ4v) is 5.38. The highest BCUT2D eigenvalue weighted by molar-refractivity contribution is 9.10. The van der Waals surface area contributed by atoms with Crippen LogP contribution >= 0.6 is 15.9 Å². The molecule has 1 heterocycles. The molecule has 8 heteroatoms. The maximum absolute atomic E-state index is 13.4. The molecule has 0 unspecified atom stereocenters. The first-order valence-corrected chi connectivity index (χ1v) is 12.5. The Hall–Kier alpha value is -2.06. The monoisotopic (exact) mass is 508 g/mol. The molecular weight excluding hydrogens is 480 g/mol. The van der Waals surface area contributed by atoms with Gasteiger partial charge in [0.25, 0.3) is 0 Å². The van der Waals surface area contributed by atoms with Crippen LogP contribution in [0.25, 0.3) is 0 Å². The summed E-state index contributed by atoms with van der Waals surface area (Å²) in [6.45, 7) is 6.56. The Morgan fingerprint density at radius 2 is 1.58 bits per heavy atom.